The molecule has 0 saturated carbocycles. The molecule has 1 unspecified atom stereocenters. The van der Waals surface area contributed by atoms with Crippen molar-refractivity contribution in [1.82, 2.24) is 0 Å². The molecule has 0 N–H and O–H groups in total. The SMILES string of the molecule is O=S(=O)(Oc1ccc2ccccc2c1-c1c(P)ccc2ccccc12)C(F)(F)F. The molecule has 0 saturated heterocycles. The van der Waals surface area contributed by atoms with Gasteiger partial charge in [-0.25, -0.2) is 0 Å². The van der Waals surface area contributed by atoms with Gasteiger partial charge in [0, 0.05) is 11.1 Å². The topological polar surface area (TPSA) is 43.4 Å². The smallest absolute Gasteiger partial charge is 0.375 e. The summed E-state index contributed by atoms with van der Waals surface area (Å²) in [5.74, 6) is -0.374. The van der Waals surface area contributed by atoms with E-state index >= 15 is 0 Å². The van der Waals surface area contributed by atoms with Gasteiger partial charge >= 0.3 is 15.6 Å². The van der Waals surface area contributed by atoms with E-state index in [4.69, 9.17) is 0 Å². The van der Waals surface area contributed by atoms with Gasteiger partial charge in [0.2, 0.25) is 0 Å². The van der Waals surface area contributed by atoms with E-state index in [-0.39, 0.29) is 11.3 Å². The molecule has 3 nitrogen and oxygen atoms in total. The summed E-state index contributed by atoms with van der Waals surface area (Å²) in [6.45, 7) is 0. The van der Waals surface area contributed by atoms with E-state index < -0.39 is 15.6 Å². The summed E-state index contributed by atoms with van der Waals surface area (Å²) in [6, 6.07) is 20.9. The van der Waals surface area contributed by atoms with Gasteiger partial charge in [-0.3, -0.25) is 0 Å². The second kappa shape index (κ2) is 7.01. The van der Waals surface area contributed by atoms with Crippen LogP contribution in [-0.4, -0.2) is 13.9 Å². The zero-order valence-corrected chi connectivity index (χ0v) is 16.7. The molecule has 0 radical (unpaired) electrons. The lowest BCUT2D eigenvalue weighted by Gasteiger charge is -2.18. The Balaban J connectivity index is 2.10. The lowest BCUT2D eigenvalue weighted by molar-refractivity contribution is -0.0499. The molecule has 0 aliphatic rings. The van der Waals surface area contributed by atoms with E-state index in [1.165, 1.54) is 12.1 Å². The molecule has 4 aromatic rings. The fourth-order valence-corrected chi connectivity index (χ4v) is 4.18. The first kappa shape index (κ1) is 19.7. The zero-order chi connectivity index (χ0) is 20.8. The van der Waals surface area contributed by atoms with Gasteiger partial charge in [-0.1, -0.05) is 66.7 Å². The van der Waals surface area contributed by atoms with E-state index in [2.05, 4.69) is 13.4 Å². The molecule has 0 spiro atoms. The molecule has 0 aromatic heterocycles. The average Bonchev–Trinajstić information content (AvgIpc) is 2.67. The van der Waals surface area contributed by atoms with Crippen LogP contribution in [0.15, 0.2) is 72.8 Å². The van der Waals surface area contributed by atoms with Crippen molar-refractivity contribution in [2.75, 3.05) is 0 Å². The molecule has 0 fully saturated rings. The van der Waals surface area contributed by atoms with Crippen molar-refractivity contribution in [1.29, 1.82) is 0 Å². The highest BCUT2D eigenvalue weighted by molar-refractivity contribution is 7.88. The van der Waals surface area contributed by atoms with Crippen molar-refractivity contribution in [2.45, 2.75) is 5.51 Å². The molecule has 0 aliphatic heterocycles. The van der Waals surface area contributed by atoms with Gasteiger partial charge < -0.3 is 4.18 Å². The number of benzene rings is 4. The largest absolute Gasteiger partial charge is 0.534 e. The number of halogens is 3. The van der Waals surface area contributed by atoms with Gasteiger partial charge in [0.1, 0.15) is 0 Å². The fourth-order valence-electron chi connectivity index (χ4n) is 3.31. The highest BCUT2D eigenvalue weighted by Gasteiger charge is 2.49. The van der Waals surface area contributed by atoms with Crippen LogP contribution in [0.3, 0.4) is 0 Å². The maximum atomic E-state index is 13.0. The molecule has 4 rings (SSSR count). The van der Waals surface area contributed by atoms with E-state index in [1.807, 2.05) is 36.4 Å². The van der Waals surface area contributed by atoms with Crippen LogP contribution >= 0.6 is 9.24 Å². The first-order valence-electron chi connectivity index (χ1n) is 8.49. The van der Waals surface area contributed by atoms with E-state index in [0.717, 1.165) is 16.2 Å². The summed E-state index contributed by atoms with van der Waals surface area (Å²) in [5.41, 5.74) is -4.65. The molecular weight excluding hydrogens is 420 g/mol. The van der Waals surface area contributed by atoms with Crippen LogP contribution in [0.5, 0.6) is 5.75 Å². The average molecular weight is 434 g/mol. The first-order valence-corrected chi connectivity index (χ1v) is 10.5. The van der Waals surface area contributed by atoms with Crippen molar-refractivity contribution >= 4 is 46.2 Å². The Morgan fingerprint density at radius 1 is 0.724 bits per heavy atom. The molecule has 1 atom stereocenters. The van der Waals surface area contributed by atoms with Crippen LogP contribution in [0.1, 0.15) is 0 Å². The van der Waals surface area contributed by atoms with Gasteiger partial charge in [-0.15, -0.1) is 9.24 Å². The first-order chi connectivity index (χ1) is 13.7. The predicted molar refractivity (Wildman–Crippen MR) is 112 cm³/mol. The van der Waals surface area contributed by atoms with Gasteiger partial charge in [-0.05, 0) is 32.9 Å². The van der Waals surface area contributed by atoms with Gasteiger partial charge in [0.25, 0.3) is 0 Å². The molecule has 0 heterocycles. The minimum absolute atomic E-state index is 0.290. The minimum atomic E-state index is -5.82. The third kappa shape index (κ3) is 3.45. The predicted octanol–water partition coefficient (Wildman–Crippen LogP) is 5.39. The molecule has 29 heavy (non-hydrogen) atoms. The van der Waals surface area contributed by atoms with Crippen molar-refractivity contribution in [3.05, 3.63) is 72.8 Å². The number of rotatable bonds is 3. The van der Waals surface area contributed by atoms with Crippen molar-refractivity contribution < 1.29 is 25.8 Å². The van der Waals surface area contributed by atoms with Crippen LogP contribution in [0.2, 0.25) is 0 Å². The summed E-state index contributed by atoms with van der Waals surface area (Å²) in [5, 5.41) is 3.67. The van der Waals surface area contributed by atoms with Crippen LogP contribution in [0.4, 0.5) is 13.2 Å². The highest BCUT2D eigenvalue weighted by atomic mass is 32.2. The third-order valence-corrected chi connectivity index (χ3v) is 6.03. The van der Waals surface area contributed by atoms with Crippen molar-refractivity contribution in [2.24, 2.45) is 0 Å². The van der Waals surface area contributed by atoms with Crippen LogP contribution in [0.25, 0.3) is 32.7 Å². The lowest BCUT2D eigenvalue weighted by atomic mass is 9.93. The monoisotopic (exact) mass is 434 g/mol. The molecule has 148 valence electrons. The Morgan fingerprint density at radius 2 is 1.24 bits per heavy atom. The minimum Gasteiger partial charge on any atom is -0.375 e. The van der Waals surface area contributed by atoms with Crippen LogP contribution < -0.4 is 9.49 Å². The maximum Gasteiger partial charge on any atom is 0.534 e. The number of hydrogen-bond donors (Lipinski definition) is 0. The number of alkyl halides is 3. The van der Waals surface area contributed by atoms with E-state index in [1.54, 1.807) is 24.3 Å². The van der Waals surface area contributed by atoms with Crippen molar-refractivity contribution in [3.63, 3.8) is 0 Å². The summed E-state index contributed by atoms with van der Waals surface area (Å²) in [6.07, 6.45) is 0. The normalized spacial score (nSPS) is 12.4. The second-order valence-corrected chi connectivity index (χ2v) is 8.55. The van der Waals surface area contributed by atoms with Crippen LogP contribution in [-0.2, 0) is 10.1 Å². The molecule has 0 amide bonds. The molecular formula is C21H14F3O3PS. The van der Waals surface area contributed by atoms with E-state index in [0.29, 0.717) is 16.3 Å². The number of hydrogen-bond acceptors (Lipinski definition) is 3. The Labute approximate surface area is 167 Å². The van der Waals surface area contributed by atoms with Gasteiger partial charge in [0.15, 0.2) is 5.75 Å². The Morgan fingerprint density at radius 3 is 1.83 bits per heavy atom. The maximum absolute atomic E-state index is 13.0. The standard InChI is InChI=1S/C21H14F3O3PS/c22-21(23,24)29(25,26)27-17-11-9-13-5-1-3-7-15(13)19(17)20-16-8-4-2-6-14(16)10-12-18(20)28/h1-12H,28H2. The zero-order valence-electron chi connectivity index (χ0n) is 14.8. The Hall–Kier alpha value is -2.63. The lowest BCUT2D eigenvalue weighted by Crippen LogP contribution is -2.28. The van der Waals surface area contributed by atoms with Gasteiger partial charge in [-0.2, -0.15) is 21.6 Å². The van der Waals surface area contributed by atoms with Crippen LogP contribution in [0, 0.1) is 0 Å². The Bertz CT molecular complexity index is 1350. The van der Waals surface area contributed by atoms with Crippen molar-refractivity contribution in [3.8, 4) is 16.9 Å². The molecule has 4 aromatic carbocycles. The molecule has 8 heteroatoms. The highest BCUT2D eigenvalue weighted by Crippen LogP contribution is 2.42. The third-order valence-electron chi connectivity index (χ3n) is 4.59. The summed E-state index contributed by atoms with van der Waals surface area (Å²) < 4.78 is 67.0. The number of fused-ring (bicyclic) bond motifs is 2. The van der Waals surface area contributed by atoms with E-state index in [9.17, 15) is 21.6 Å². The summed E-state index contributed by atoms with van der Waals surface area (Å²) in [7, 11) is -3.27. The van der Waals surface area contributed by atoms with Gasteiger partial charge in [0.05, 0.1) is 0 Å². The Kier molecular flexibility index (Phi) is 4.75. The molecule has 0 aliphatic carbocycles. The summed E-state index contributed by atoms with van der Waals surface area (Å²) in [4.78, 5) is 0. The fraction of sp³-hybridized carbons (Fsp3) is 0.0476. The second-order valence-electron chi connectivity index (χ2n) is 6.39. The quantitative estimate of drug-likeness (QED) is 0.247. The molecule has 0 bridgehead atoms. The summed E-state index contributed by atoms with van der Waals surface area (Å²) >= 11 is 0.